The van der Waals surface area contributed by atoms with E-state index in [1.165, 1.54) is 6.07 Å². The molecule has 0 aliphatic rings. The van der Waals surface area contributed by atoms with Gasteiger partial charge >= 0.3 is 0 Å². The van der Waals surface area contributed by atoms with Crippen LogP contribution in [0.25, 0.3) is 0 Å². The second-order valence-corrected chi connectivity index (χ2v) is 4.12. The highest BCUT2D eigenvalue weighted by atomic mass is 127. The first-order valence-electron chi connectivity index (χ1n) is 3.15. The fourth-order valence-electron chi connectivity index (χ4n) is 0.795. The van der Waals surface area contributed by atoms with E-state index in [0.717, 1.165) is 0 Å². The quantitative estimate of drug-likeness (QED) is 0.460. The Morgan fingerprint density at radius 2 is 2.23 bits per heavy atom. The van der Waals surface area contributed by atoms with Gasteiger partial charge in [0.25, 0.3) is 6.43 Å². The summed E-state index contributed by atoms with van der Waals surface area (Å²) < 4.78 is 25.4. The predicted octanol–water partition coefficient (Wildman–Crippen LogP) is 3.20. The summed E-state index contributed by atoms with van der Waals surface area (Å²) in [5.74, 6) is 0. The molecule has 0 aromatic carbocycles. The molecule has 0 amide bonds. The molecule has 0 unspecified atom stereocenters. The summed E-state index contributed by atoms with van der Waals surface area (Å²) in [6, 6.07) is 1.51. The molecule has 0 fully saturated rings. The van der Waals surface area contributed by atoms with Gasteiger partial charge in [0.1, 0.15) is 10.3 Å². The minimum atomic E-state index is -2.73. The van der Waals surface area contributed by atoms with Crippen LogP contribution in [0.3, 0.4) is 0 Å². The van der Waals surface area contributed by atoms with Gasteiger partial charge in [0.2, 0.25) is 0 Å². The average Bonchev–Trinajstić information content (AvgIpc) is 2.02. The number of hydrogen-bond acceptors (Lipinski definition) is 2. The SMILES string of the molecule is O=Cc1c(I)cc(Br)nc1C(F)F. The van der Waals surface area contributed by atoms with Crippen molar-refractivity contribution in [2.45, 2.75) is 6.43 Å². The van der Waals surface area contributed by atoms with Gasteiger partial charge in [0, 0.05) is 3.57 Å². The van der Waals surface area contributed by atoms with Crippen LogP contribution in [0.2, 0.25) is 0 Å². The molecule has 0 atom stereocenters. The van der Waals surface area contributed by atoms with Gasteiger partial charge in [-0.25, -0.2) is 13.8 Å². The Balaban J connectivity index is 3.38. The van der Waals surface area contributed by atoms with E-state index in [1.807, 2.05) is 22.6 Å². The number of rotatable bonds is 2. The number of aldehydes is 1. The van der Waals surface area contributed by atoms with Gasteiger partial charge in [-0.3, -0.25) is 4.79 Å². The molecule has 0 spiro atoms. The topological polar surface area (TPSA) is 30.0 Å². The molecule has 0 N–H and O–H groups in total. The first-order valence-corrected chi connectivity index (χ1v) is 5.02. The summed E-state index contributed by atoms with van der Waals surface area (Å²) in [5, 5.41) is 0. The van der Waals surface area contributed by atoms with Gasteiger partial charge in [-0.05, 0) is 44.6 Å². The van der Waals surface area contributed by atoms with Crippen molar-refractivity contribution >= 4 is 44.8 Å². The lowest BCUT2D eigenvalue weighted by atomic mass is 10.2. The number of carbonyl (C=O) groups excluding carboxylic acids is 1. The molecule has 2 nitrogen and oxygen atoms in total. The number of hydrogen-bond donors (Lipinski definition) is 0. The standard InChI is InChI=1S/C7H3BrF2INO/c8-5-1-4(11)3(2-13)6(12-5)7(9)10/h1-2,7H. The normalized spacial score (nSPS) is 10.5. The van der Waals surface area contributed by atoms with Crippen molar-refractivity contribution in [1.82, 2.24) is 4.98 Å². The molecule has 13 heavy (non-hydrogen) atoms. The highest BCUT2D eigenvalue weighted by Crippen LogP contribution is 2.25. The van der Waals surface area contributed by atoms with Gasteiger partial charge in [-0.1, -0.05) is 0 Å². The maximum absolute atomic E-state index is 12.3. The van der Waals surface area contributed by atoms with Crippen LogP contribution in [0.15, 0.2) is 10.7 Å². The molecule has 1 rings (SSSR count). The third-order valence-electron chi connectivity index (χ3n) is 1.33. The molecule has 0 bridgehead atoms. The van der Waals surface area contributed by atoms with Crippen LogP contribution >= 0.6 is 38.5 Å². The van der Waals surface area contributed by atoms with Crippen LogP contribution in [0.5, 0.6) is 0 Å². The van der Waals surface area contributed by atoms with E-state index in [-0.39, 0.29) is 5.56 Å². The van der Waals surface area contributed by atoms with Gasteiger partial charge in [0.15, 0.2) is 6.29 Å². The molecule has 0 radical (unpaired) electrons. The van der Waals surface area contributed by atoms with Crippen LogP contribution in [0.1, 0.15) is 22.5 Å². The summed E-state index contributed by atoms with van der Waals surface area (Å²) in [5.41, 5.74) is -0.521. The minimum absolute atomic E-state index is 0.0428. The molecule has 1 heterocycles. The molecule has 1 aromatic heterocycles. The molecule has 0 aliphatic carbocycles. The van der Waals surface area contributed by atoms with Gasteiger partial charge in [-0.2, -0.15) is 0 Å². The Bertz CT molecular complexity index is 346. The molecule has 6 heteroatoms. The molecule has 0 aliphatic heterocycles. The van der Waals surface area contributed by atoms with Crippen molar-refractivity contribution < 1.29 is 13.6 Å². The van der Waals surface area contributed by atoms with E-state index < -0.39 is 12.1 Å². The Morgan fingerprint density at radius 1 is 1.62 bits per heavy atom. The number of alkyl halides is 2. The van der Waals surface area contributed by atoms with Crippen LogP contribution in [0.4, 0.5) is 8.78 Å². The lowest BCUT2D eigenvalue weighted by molar-refractivity contribution is 0.110. The summed E-state index contributed by atoms with van der Waals surface area (Å²) >= 11 is 4.79. The highest BCUT2D eigenvalue weighted by Gasteiger charge is 2.17. The first kappa shape index (κ1) is 11.0. The van der Waals surface area contributed by atoms with E-state index in [4.69, 9.17) is 0 Å². The Hall–Kier alpha value is -0.110. The Kier molecular flexibility index (Phi) is 3.72. The maximum Gasteiger partial charge on any atom is 0.281 e. The van der Waals surface area contributed by atoms with E-state index in [2.05, 4.69) is 20.9 Å². The molecule has 0 saturated heterocycles. The Labute approximate surface area is 95.0 Å². The fourth-order valence-corrected chi connectivity index (χ4v) is 2.34. The second kappa shape index (κ2) is 4.41. The number of aromatic nitrogens is 1. The summed E-state index contributed by atoms with van der Waals surface area (Å²) in [7, 11) is 0. The smallest absolute Gasteiger partial charge is 0.281 e. The van der Waals surface area contributed by atoms with Crippen molar-refractivity contribution in [2.24, 2.45) is 0 Å². The van der Waals surface area contributed by atoms with Crippen LogP contribution in [-0.2, 0) is 0 Å². The molecular formula is C7H3BrF2INO. The van der Waals surface area contributed by atoms with Gasteiger partial charge in [0.05, 0.1) is 5.56 Å². The molecule has 70 valence electrons. The molecule has 0 saturated carbocycles. The number of carbonyl (C=O) groups is 1. The van der Waals surface area contributed by atoms with Crippen molar-refractivity contribution in [1.29, 1.82) is 0 Å². The molecule has 1 aromatic rings. The van der Waals surface area contributed by atoms with E-state index >= 15 is 0 Å². The maximum atomic E-state index is 12.3. The summed E-state index contributed by atoms with van der Waals surface area (Å²) in [6.07, 6.45) is -2.34. The summed E-state index contributed by atoms with van der Waals surface area (Å²) in [6.45, 7) is 0. The predicted molar refractivity (Wildman–Crippen MR) is 55.0 cm³/mol. The minimum Gasteiger partial charge on any atom is -0.298 e. The number of nitrogens with zero attached hydrogens (tertiary/aromatic N) is 1. The van der Waals surface area contributed by atoms with Crippen LogP contribution < -0.4 is 0 Å². The number of halogens is 4. The second-order valence-electron chi connectivity index (χ2n) is 2.14. The van der Waals surface area contributed by atoms with E-state index in [1.54, 1.807) is 0 Å². The van der Waals surface area contributed by atoms with Crippen LogP contribution in [-0.4, -0.2) is 11.3 Å². The lowest BCUT2D eigenvalue weighted by Crippen LogP contribution is -2.00. The third kappa shape index (κ3) is 2.43. The van der Waals surface area contributed by atoms with Crippen molar-refractivity contribution in [2.75, 3.05) is 0 Å². The highest BCUT2D eigenvalue weighted by molar-refractivity contribution is 14.1. The fraction of sp³-hybridized carbons (Fsp3) is 0.143. The Morgan fingerprint density at radius 3 is 2.69 bits per heavy atom. The van der Waals surface area contributed by atoms with Gasteiger partial charge in [-0.15, -0.1) is 0 Å². The first-order chi connectivity index (χ1) is 6.06. The molecular weight excluding hydrogens is 359 g/mol. The zero-order valence-electron chi connectivity index (χ0n) is 6.10. The average molecular weight is 362 g/mol. The van der Waals surface area contributed by atoms with Crippen LogP contribution in [0, 0.1) is 3.57 Å². The monoisotopic (exact) mass is 361 g/mol. The van der Waals surface area contributed by atoms with Crippen molar-refractivity contribution in [3.05, 3.63) is 25.5 Å². The summed E-state index contributed by atoms with van der Waals surface area (Å²) in [4.78, 5) is 14.0. The zero-order valence-corrected chi connectivity index (χ0v) is 9.84. The van der Waals surface area contributed by atoms with Crippen molar-refractivity contribution in [3.8, 4) is 0 Å². The van der Waals surface area contributed by atoms with E-state index in [9.17, 15) is 13.6 Å². The van der Waals surface area contributed by atoms with Crippen molar-refractivity contribution in [3.63, 3.8) is 0 Å². The zero-order chi connectivity index (χ0) is 10.0. The lowest BCUT2D eigenvalue weighted by Gasteiger charge is -2.04. The van der Waals surface area contributed by atoms with E-state index in [0.29, 0.717) is 14.5 Å². The number of pyridine rings is 1. The third-order valence-corrected chi connectivity index (χ3v) is 2.63. The largest absolute Gasteiger partial charge is 0.298 e. The van der Waals surface area contributed by atoms with Gasteiger partial charge < -0.3 is 0 Å².